The van der Waals surface area contributed by atoms with Crippen LogP contribution in [-0.2, 0) is 9.59 Å². The van der Waals surface area contributed by atoms with Crippen LogP contribution in [0.3, 0.4) is 0 Å². The number of aliphatic carboxylic acids is 1. The summed E-state index contributed by atoms with van der Waals surface area (Å²) in [5.41, 5.74) is 0. The SMILES string of the molecule is CC(C)C1SCC(C(=O)O)N1C(=O)C1CC(O)CN1. The van der Waals surface area contributed by atoms with Crippen LogP contribution in [0, 0.1) is 5.92 Å². The molecule has 0 aromatic carbocycles. The summed E-state index contributed by atoms with van der Waals surface area (Å²) in [5.74, 6) is -0.529. The number of nitrogens with one attached hydrogen (secondary N) is 1. The zero-order valence-corrected chi connectivity index (χ0v) is 11.9. The summed E-state index contributed by atoms with van der Waals surface area (Å²) < 4.78 is 0. The van der Waals surface area contributed by atoms with E-state index in [9.17, 15) is 19.8 Å². The lowest BCUT2D eigenvalue weighted by molar-refractivity contribution is -0.150. The van der Waals surface area contributed by atoms with Crippen LogP contribution in [-0.4, -0.2) is 62.8 Å². The number of β-amino-alcohol motifs (C(OH)–C–C–N with tert-alkyl or cyclic N) is 1. The molecular weight excluding hydrogens is 268 g/mol. The molecule has 2 saturated heterocycles. The molecule has 19 heavy (non-hydrogen) atoms. The lowest BCUT2D eigenvalue weighted by atomic mass is 10.1. The average Bonchev–Trinajstić information content (AvgIpc) is 2.93. The minimum absolute atomic E-state index is 0.104. The lowest BCUT2D eigenvalue weighted by Crippen LogP contribution is -2.52. The number of carbonyl (C=O) groups is 2. The van der Waals surface area contributed by atoms with Gasteiger partial charge in [-0.2, -0.15) is 0 Å². The van der Waals surface area contributed by atoms with E-state index in [0.29, 0.717) is 18.7 Å². The molecule has 0 aromatic rings. The predicted octanol–water partition coefficient (Wildman–Crippen LogP) is -0.280. The van der Waals surface area contributed by atoms with E-state index in [1.165, 1.54) is 16.7 Å². The second kappa shape index (κ2) is 5.68. The van der Waals surface area contributed by atoms with Crippen molar-refractivity contribution in [1.29, 1.82) is 0 Å². The quantitative estimate of drug-likeness (QED) is 0.662. The van der Waals surface area contributed by atoms with Crippen molar-refractivity contribution in [2.45, 2.75) is 43.8 Å². The Morgan fingerprint density at radius 3 is 2.58 bits per heavy atom. The smallest absolute Gasteiger partial charge is 0.327 e. The summed E-state index contributed by atoms with van der Waals surface area (Å²) in [7, 11) is 0. The van der Waals surface area contributed by atoms with Gasteiger partial charge in [-0.15, -0.1) is 11.8 Å². The maximum Gasteiger partial charge on any atom is 0.327 e. The third-order valence-electron chi connectivity index (χ3n) is 3.55. The summed E-state index contributed by atoms with van der Waals surface area (Å²) in [6.45, 7) is 4.36. The van der Waals surface area contributed by atoms with Crippen LogP contribution in [0.15, 0.2) is 0 Å². The molecule has 0 aromatic heterocycles. The van der Waals surface area contributed by atoms with Gasteiger partial charge in [-0.3, -0.25) is 4.79 Å². The maximum absolute atomic E-state index is 12.5. The van der Waals surface area contributed by atoms with E-state index in [4.69, 9.17) is 0 Å². The number of amides is 1. The molecule has 3 N–H and O–H groups in total. The molecule has 108 valence electrons. The average molecular weight is 288 g/mol. The van der Waals surface area contributed by atoms with Crippen LogP contribution >= 0.6 is 11.8 Å². The number of thioether (sulfide) groups is 1. The Morgan fingerprint density at radius 2 is 2.11 bits per heavy atom. The van der Waals surface area contributed by atoms with E-state index in [2.05, 4.69) is 5.32 Å². The fourth-order valence-electron chi connectivity index (χ4n) is 2.60. The summed E-state index contributed by atoms with van der Waals surface area (Å²) in [4.78, 5) is 25.3. The molecule has 0 bridgehead atoms. The standard InChI is InChI=1S/C12H20N2O4S/c1-6(2)11-14(9(5-19-11)12(17)18)10(16)8-3-7(15)4-13-8/h6-9,11,13,15H,3-5H2,1-2H3,(H,17,18). The molecule has 2 rings (SSSR count). The maximum atomic E-state index is 12.5. The van der Waals surface area contributed by atoms with E-state index >= 15 is 0 Å². The molecule has 2 aliphatic heterocycles. The van der Waals surface area contributed by atoms with Crippen LogP contribution in [0.2, 0.25) is 0 Å². The van der Waals surface area contributed by atoms with Gasteiger partial charge in [0.25, 0.3) is 0 Å². The number of aliphatic hydroxyl groups excluding tert-OH is 1. The first-order valence-electron chi connectivity index (χ1n) is 6.50. The van der Waals surface area contributed by atoms with Crippen molar-refractivity contribution in [3.05, 3.63) is 0 Å². The fraction of sp³-hybridized carbons (Fsp3) is 0.833. The zero-order valence-electron chi connectivity index (χ0n) is 11.1. The van der Waals surface area contributed by atoms with Gasteiger partial charge in [0.05, 0.1) is 17.5 Å². The Morgan fingerprint density at radius 1 is 1.42 bits per heavy atom. The van der Waals surface area contributed by atoms with Gasteiger partial charge in [0.2, 0.25) is 5.91 Å². The highest BCUT2D eigenvalue weighted by molar-refractivity contribution is 8.00. The number of nitrogens with zero attached hydrogens (tertiary/aromatic N) is 1. The summed E-state index contributed by atoms with van der Waals surface area (Å²) in [6.07, 6.45) is -0.165. The number of carboxylic acids is 1. The molecule has 0 radical (unpaired) electrons. The Bertz CT molecular complexity index is 377. The van der Waals surface area contributed by atoms with E-state index in [1.807, 2.05) is 13.8 Å². The minimum Gasteiger partial charge on any atom is -0.480 e. The van der Waals surface area contributed by atoms with Crippen molar-refractivity contribution in [3.63, 3.8) is 0 Å². The van der Waals surface area contributed by atoms with Crippen LogP contribution in [0.25, 0.3) is 0 Å². The highest BCUT2D eigenvalue weighted by Crippen LogP contribution is 2.35. The Hall–Kier alpha value is -0.790. The third kappa shape index (κ3) is 2.88. The molecule has 6 nitrogen and oxygen atoms in total. The second-order valence-electron chi connectivity index (χ2n) is 5.42. The van der Waals surface area contributed by atoms with Crippen molar-refractivity contribution >= 4 is 23.6 Å². The zero-order chi connectivity index (χ0) is 14.2. The molecule has 2 fully saturated rings. The first-order valence-corrected chi connectivity index (χ1v) is 7.54. The van der Waals surface area contributed by atoms with Gasteiger partial charge in [-0.25, -0.2) is 4.79 Å². The van der Waals surface area contributed by atoms with Crippen molar-refractivity contribution in [3.8, 4) is 0 Å². The lowest BCUT2D eigenvalue weighted by Gasteiger charge is -2.31. The summed E-state index contributed by atoms with van der Waals surface area (Å²) in [6, 6.07) is -1.22. The molecule has 2 heterocycles. The predicted molar refractivity (Wildman–Crippen MR) is 71.8 cm³/mol. The summed E-state index contributed by atoms with van der Waals surface area (Å²) >= 11 is 1.52. The van der Waals surface area contributed by atoms with Gasteiger partial charge in [0, 0.05) is 12.3 Å². The highest BCUT2D eigenvalue weighted by Gasteiger charge is 2.45. The van der Waals surface area contributed by atoms with Crippen LogP contribution in [0.5, 0.6) is 0 Å². The Kier molecular flexibility index (Phi) is 4.37. The molecule has 4 unspecified atom stereocenters. The van der Waals surface area contributed by atoms with E-state index < -0.39 is 24.2 Å². The first kappa shape index (κ1) is 14.6. The topological polar surface area (TPSA) is 89.9 Å². The van der Waals surface area contributed by atoms with Gasteiger partial charge in [0.1, 0.15) is 6.04 Å². The normalized spacial score (nSPS) is 35.1. The highest BCUT2D eigenvalue weighted by atomic mass is 32.2. The van der Waals surface area contributed by atoms with E-state index in [0.717, 1.165) is 0 Å². The number of carboxylic acid groups (broad SMARTS) is 1. The number of aliphatic hydroxyl groups is 1. The molecule has 7 heteroatoms. The summed E-state index contributed by atoms with van der Waals surface area (Å²) in [5, 5.41) is 21.6. The molecule has 1 amide bonds. The van der Waals surface area contributed by atoms with Gasteiger partial charge >= 0.3 is 5.97 Å². The van der Waals surface area contributed by atoms with Crippen LogP contribution < -0.4 is 5.32 Å². The fourth-order valence-corrected chi connectivity index (χ4v) is 4.07. The van der Waals surface area contributed by atoms with Crippen LogP contribution in [0.4, 0.5) is 0 Å². The molecule has 0 aliphatic carbocycles. The Balaban J connectivity index is 2.16. The minimum atomic E-state index is -0.956. The molecule has 4 atom stereocenters. The van der Waals surface area contributed by atoms with Crippen molar-refractivity contribution < 1.29 is 19.8 Å². The van der Waals surface area contributed by atoms with Crippen molar-refractivity contribution in [2.24, 2.45) is 5.92 Å². The van der Waals surface area contributed by atoms with E-state index in [1.54, 1.807) is 0 Å². The monoisotopic (exact) mass is 288 g/mol. The van der Waals surface area contributed by atoms with Crippen LogP contribution in [0.1, 0.15) is 20.3 Å². The number of carbonyl (C=O) groups excluding carboxylic acids is 1. The van der Waals surface area contributed by atoms with Gasteiger partial charge in [-0.1, -0.05) is 13.8 Å². The number of hydrogen-bond acceptors (Lipinski definition) is 5. The number of hydrogen-bond donors (Lipinski definition) is 3. The largest absolute Gasteiger partial charge is 0.480 e. The third-order valence-corrected chi connectivity index (χ3v) is 5.17. The number of rotatable bonds is 3. The molecule has 2 aliphatic rings. The van der Waals surface area contributed by atoms with Crippen molar-refractivity contribution in [1.82, 2.24) is 10.2 Å². The van der Waals surface area contributed by atoms with Gasteiger partial charge in [-0.05, 0) is 12.3 Å². The van der Waals surface area contributed by atoms with Gasteiger partial charge in [0.15, 0.2) is 0 Å². The first-order chi connectivity index (χ1) is 8.91. The molecule has 0 saturated carbocycles. The molecular formula is C12H20N2O4S. The van der Waals surface area contributed by atoms with E-state index in [-0.39, 0.29) is 17.2 Å². The second-order valence-corrected chi connectivity index (χ2v) is 6.57. The van der Waals surface area contributed by atoms with Crippen molar-refractivity contribution in [2.75, 3.05) is 12.3 Å². The van der Waals surface area contributed by atoms with Gasteiger partial charge < -0.3 is 20.4 Å². The molecule has 0 spiro atoms. The Labute approximate surface area is 116 Å².